The maximum absolute atomic E-state index is 10.3. The van der Waals surface area contributed by atoms with E-state index in [2.05, 4.69) is 50.3 Å². The lowest BCUT2D eigenvalue weighted by Gasteiger charge is -2.54. The number of hydrogen-bond donors (Lipinski definition) is 0. The Morgan fingerprint density at radius 2 is 1.50 bits per heavy atom. The number of ether oxygens (including phenoxy) is 1. The van der Waals surface area contributed by atoms with Gasteiger partial charge in [0.1, 0.15) is 17.9 Å². The quantitative estimate of drug-likeness (QED) is 0.358. The molecule has 2 aromatic rings. The van der Waals surface area contributed by atoms with Crippen molar-refractivity contribution < 1.29 is 4.74 Å². The van der Waals surface area contributed by atoms with Gasteiger partial charge in [-0.05, 0) is 80.4 Å². The normalized spacial score (nSPS) is 23.3. The molecule has 5 rings (SSSR count). The molecule has 3 heteroatoms. The molecule has 2 aromatic carbocycles. The van der Waals surface area contributed by atoms with Crippen molar-refractivity contribution in [1.82, 2.24) is 0 Å². The van der Waals surface area contributed by atoms with E-state index in [1.165, 1.54) is 56.9 Å². The molecule has 3 nitrogen and oxygen atoms in total. The molecule has 0 aromatic heterocycles. The number of unbranched alkanes of at least 4 members (excludes halogenated alkanes) is 2. The van der Waals surface area contributed by atoms with Crippen LogP contribution in [0.2, 0.25) is 0 Å². The number of nitriles is 2. The molecule has 0 N–H and O–H groups in total. The summed E-state index contributed by atoms with van der Waals surface area (Å²) in [6.07, 6.45) is 14.2. The van der Waals surface area contributed by atoms with Gasteiger partial charge in [0.25, 0.3) is 0 Å². The minimum Gasteiger partial charge on any atom is -0.496 e. The molecule has 0 saturated heterocycles. The van der Waals surface area contributed by atoms with E-state index >= 15 is 0 Å². The summed E-state index contributed by atoms with van der Waals surface area (Å²) >= 11 is 0. The van der Waals surface area contributed by atoms with Crippen LogP contribution in [0.5, 0.6) is 5.75 Å². The zero-order valence-corrected chi connectivity index (χ0v) is 21.2. The minimum absolute atomic E-state index is 0.0425. The molecule has 0 spiro atoms. The highest BCUT2D eigenvalue weighted by molar-refractivity contribution is 5.78. The predicted octanol–water partition coefficient (Wildman–Crippen LogP) is 8.23. The van der Waals surface area contributed by atoms with Gasteiger partial charge in [-0.2, -0.15) is 10.5 Å². The molecule has 2 bridgehead atoms. The Labute approximate surface area is 205 Å². The van der Waals surface area contributed by atoms with Crippen molar-refractivity contribution in [3.8, 4) is 29.0 Å². The Bertz CT molecular complexity index is 1080. The van der Waals surface area contributed by atoms with E-state index in [1.807, 2.05) is 6.07 Å². The number of fused-ring (bicyclic) bond motifs is 3. The second-order valence-corrected chi connectivity index (χ2v) is 10.7. The van der Waals surface area contributed by atoms with Gasteiger partial charge < -0.3 is 4.74 Å². The first kappa shape index (κ1) is 24.3. The van der Waals surface area contributed by atoms with Crippen LogP contribution in [-0.4, -0.2) is 7.11 Å². The van der Waals surface area contributed by atoms with E-state index in [-0.39, 0.29) is 5.41 Å². The van der Waals surface area contributed by atoms with Crippen molar-refractivity contribution in [2.45, 2.75) is 96.3 Å². The first-order valence-electron chi connectivity index (χ1n) is 13.2. The van der Waals surface area contributed by atoms with Gasteiger partial charge in [-0.3, -0.25) is 0 Å². The number of benzene rings is 2. The van der Waals surface area contributed by atoms with E-state index in [1.54, 1.807) is 7.11 Å². The van der Waals surface area contributed by atoms with Gasteiger partial charge in [-0.25, -0.2) is 0 Å². The third kappa shape index (κ3) is 4.34. The van der Waals surface area contributed by atoms with Crippen LogP contribution in [0.4, 0.5) is 0 Å². The fraction of sp³-hybridized carbons (Fsp3) is 0.548. The largest absolute Gasteiger partial charge is 0.496 e. The zero-order chi connectivity index (χ0) is 24.2. The highest BCUT2D eigenvalue weighted by Crippen LogP contribution is 2.61. The summed E-state index contributed by atoms with van der Waals surface area (Å²) < 4.78 is 5.95. The first-order valence-corrected chi connectivity index (χ1v) is 13.2. The van der Waals surface area contributed by atoms with E-state index in [0.29, 0.717) is 16.5 Å². The summed E-state index contributed by atoms with van der Waals surface area (Å²) in [5, 5.41) is 20.5. The van der Waals surface area contributed by atoms with Crippen LogP contribution in [0, 0.1) is 28.1 Å². The topological polar surface area (TPSA) is 56.8 Å². The highest BCUT2D eigenvalue weighted by atomic mass is 16.5. The lowest BCUT2D eigenvalue weighted by molar-refractivity contribution is 0.0308. The number of hydrogen-bond acceptors (Lipinski definition) is 3. The first-order chi connectivity index (χ1) is 16.5. The third-order valence-corrected chi connectivity index (χ3v) is 8.78. The summed E-state index contributed by atoms with van der Waals surface area (Å²) in [6.45, 7) is 4.51. The van der Waals surface area contributed by atoms with E-state index < -0.39 is 0 Å². The summed E-state index contributed by atoms with van der Waals surface area (Å²) in [7, 11) is 1.70. The molecule has 3 aliphatic rings. The van der Waals surface area contributed by atoms with Crippen LogP contribution in [0.1, 0.15) is 107 Å². The van der Waals surface area contributed by atoms with Crippen LogP contribution >= 0.6 is 0 Å². The predicted molar refractivity (Wildman–Crippen MR) is 138 cm³/mol. The van der Waals surface area contributed by atoms with Crippen LogP contribution < -0.4 is 4.74 Å². The van der Waals surface area contributed by atoms with Gasteiger partial charge in [0.2, 0.25) is 0 Å². The number of aryl methyl sites for hydroxylation is 1. The summed E-state index contributed by atoms with van der Waals surface area (Å²) in [5.41, 5.74) is 5.59. The fourth-order valence-corrected chi connectivity index (χ4v) is 6.78. The summed E-state index contributed by atoms with van der Waals surface area (Å²) in [5.74, 6) is 0.780. The van der Waals surface area contributed by atoms with Crippen molar-refractivity contribution in [3.63, 3.8) is 0 Å². The second-order valence-electron chi connectivity index (χ2n) is 10.7. The van der Waals surface area contributed by atoms with Gasteiger partial charge in [0.05, 0.1) is 18.2 Å². The maximum Gasteiger partial charge on any atom is 0.124 e. The minimum atomic E-state index is -0.0425. The van der Waals surface area contributed by atoms with E-state index in [9.17, 15) is 10.5 Å². The van der Waals surface area contributed by atoms with Crippen LogP contribution in [0.15, 0.2) is 30.3 Å². The number of rotatable bonds is 9. The molecule has 0 radical (unpaired) electrons. The summed E-state index contributed by atoms with van der Waals surface area (Å²) in [6, 6.07) is 15.4. The van der Waals surface area contributed by atoms with Gasteiger partial charge >= 0.3 is 0 Å². The lowest BCUT2D eigenvalue weighted by Crippen LogP contribution is -2.44. The van der Waals surface area contributed by atoms with Gasteiger partial charge in [0, 0.05) is 16.5 Å². The molecule has 178 valence electrons. The van der Waals surface area contributed by atoms with Crippen LogP contribution in [0.3, 0.4) is 0 Å². The molecule has 0 heterocycles. The Morgan fingerprint density at radius 3 is 2.03 bits per heavy atom. The monoisotopic (exact) mass is 454 g/mol. The lowest BCUT2D eigenvalue weighted by atomic mass is 9.50. The molecule has 0 amide bonds. The molecular weight excluding hydrogens is 416 g/mol. The molecule has 0 aliphatic heterocycles. The van der Waals surface area contributed by atoms with Gasteiger partial charge in [-0.1, -0.05) is 57.4 Å². The SMILES string of the molecule is CCCCCc1ccc(-c2cc(OC)c(C34CCC(CCC)(CC3)CC4)c(C#N)c2C#N)cc1. The molecule has 3 aliphatic carbocycles. The Balaban J connectivity index is 1.74. The second kappa shape index (κ2) is 10.2. The smallest absolute Gasteiger partial charge is 0.124 e. The molecule has 3 fully saturated rings. The molecule has 0 unspecified atom stereocenters. The number of methoxy groups -OCH3 is 1. The highest BCUT2D eigenvalue weighted by Gasteiger charge is 2.51. The molecule has 34 heavy (non-hydrogen) atoms. The van der Waals surface area contributed by atoms with E-state index in [0.717, 1.165) is 48.1 Å². The van der Waals surface area contributed by atoms with Crippen molar-refractivity contribution in [3.05, 3.63) is 52.6 Å². The van der Waals surface area contributed by atoms with Crippen molar-refractivity contribution in [2.24, 2.45) is 5.41 Å². The summed E-state index contributed by atoms with van der Waals surface area (Å²) in [4.78, 5) is 0. The van der Waals surface area contributed by atoms with Gasteiger partial charge in [0.15, 0.2) is 0 Å². The third-order valence-electron chi connectivity index (χ3n) is 8.78. The van der Waals surface area contributed by atoms with Crippen molar-refractivity contribution >= 4 is 0 Å². The molecular formula is C31H38N2O. The van der Waals surface area contributed by atoms with Crippen LogP contribution in [0.25, 0.3) is 11.1 Å². The Kier molecular flexibility index (Phi) is 7.33. The standard InChI is InChI=1S/C31H38N2O/c1-4-6-7-8-23-9-11-24(12-10-23)25-20-28(34-3)29(27(22-33)26(25)21-32)31-17-14-30(13-5-2,15-18-31)16-19-31/h9-12,20H,4-8,13-19H2,1-3H3. The van der Waals surface area contributed by atoms with Crippen molar-refractivity contribution in [1.29, 1.82) is 10.5 Å². The van der Waals surface area contributed by atoms with Crippen molar-refractivity contribution in [2.75, 3.05) is 7.11 Å². The van der Waals surface area contributed by atoms with E-state index in [4.69, 9.17) is 4.74 Å². The van der Waals surface area contributed by atoms with Gasteiger partial charge in [-0.15, -0.1) is 0 Å². The Hall–Kier alpha value is -2.78. The molecule has 0 atom stereocenters. The molecule has 3 saturated carbocycles. The average Bonchev–Trinajstić information content (AvgIpc) is 2.89. The fourth-order valence-electron chi connectivity index (χ4n) is 6.78. The average molecular weight is 455 g/mol. The van der Waals surface area contributed by atoms with Crippen LogP contribution in [-0.2, 0) is 11.8 Å². The Morgan fingerprint density at radius 1 is 0.853 bits per heavy atom. The maximum atomic E-state index is 10.3. The number of nitrogens with zero attached hydrogens (tertiary/aromatic N) is 2. The zero-order valence-electron chi connectivity index (χ0n) is 21.2.